The van der Waals surface area contributed by atoms with Crippen LogP contribution in [0, 0.1) is 0 Å². The van der Waals surface area contributed by atoms with Crippen molar-refractivity contribution in [2.24, 2.45) is 0 Å². The molecule has 2 rings (SSSR count). The summed E-state index contributed by atoms with van der Waals surface area (Å²) in [6, 6.07) is 0. The van der Waals surface area contributed by atoms with Gasteiger partial charge < -0.3 is 0 Å². The topological polar surface area (TPSA) is 30.0 Å². The van der Waals surface area contributed by atoms with Gasteiger partial charge in [0.25, 0.3) is 0 Å². The lowest BCUT2D eigenvalue weighted by atomic mass is 9.91. The Morgan fingerprint density at radius 2 is 2.31 bits per heavy atom. The molecule has 2 nitrogen and oxygen atoms in total. The molecular weight excluding hydrogens is 237 g/mol. The van der Waals surface area contributed by atoms with Crippen LogP contribution in [-0.2, 0) is 6.42 Å². The summed E-state index contributed by atoms with van der Waals surface area (Å²) in [4.78, 5) is 15.2. The number of Topliss-reactive ketones (excluding diaryl/α,β-unsaturated/α-hetero) is 1. The van der Waals surface area contributed by atoms with E-state index < -0.39 is 12.0 Å². The van der Waals surface area contributed by atoms with Crippen LogP contribution in [-0.4, -0.2) is 16.9 Å². The number of carbonyl (C=O) groups excluding carboxylic acids is 1. The van der Waals surface area contributed by atoms with E-state index in [1.54, 1.807) is 6.20 Å². The third kappa shape index (κ3) is 1.39. The molecule has 0 fully saturated rings. The van der Waals surface area contributed by atoms with Gasteiger partial charge in [-0.15, -0.1) is 0 Å². The highest BCUT2D eigenvalue weighted by atomic mass is 79.9. The number of hydrogen-bond acceptors (Lipinski definition) is 2. The van der Waals surface area contributed by atoms with Gasteiger partial charge in [0.2, 0.25) is 0 Å². The lowest BCUT2D eigenvalue weighted by Crippen LogP contribution is -2.24. The molecule has 0 bridgehead atoms. The van der Waals surface area contributed by atoms with Crippen LogP contribution < -0.4 is 0 Å². The molecule has 1 aliphatic rings. The van der Waals surface area contributed by atoms with Gasteiger partial charge in [-0.05, 0) is 34.3 Å². The van der Waals surface area contributed by atoms with Crippen molar-refractivity contribution in [3.63, 3.8) is 0 Å². The monoisotopic (exact) mass is 243 g/mol. The number of nitrogens with zero attached hydrogens (tertiary/aromatic N) is 1. The highest BCUT2D eigenvalue weighted by Crippen LogP contribution is 2.28. The first-order chi connectivity index (χ1) is 6.20. The normalized spacial score (nSPS) is 21.4. The third-order valence-electron chi connectivity index (χ3n) is 2.20. The Morgan fingerprint density at radius 3 is 3.08 bits per heavy atom. The van der Waals surface area contributed by atoms with Crippen molar-refractivity contribution in [2.45, 2.75) is 19.0 Å². The molecule has 0 aromatic carbocycles. The molecule has 0 aliphatic heterocycles. The minimum absolute atomic E-state index is 0.286. The van der Waals surface area contributed by atoms with Gasteiger partial charge in [0, 0.05) is 22.4 Å². The summed E-state index contributed by atoms with van der Waals surface area (Å²) < 4.78 is 13.8. The fourth-order valence-electron chi connectivity index (χ4n) is 1.50. The molecular formula is C9H7BrFNO. The molecule has 1 atom stereocenters. The van der Waals surface area contributed by atoms with Gasteiger partial charge in [0.15, 0.2) is 12.0 Å². The zero-order valence-electron chi connectivity index (χ0n) is 6.76. The first-order valence-electron chi connectivity index (χ1n) is 4.01. The summed E-state index contributed by atoms with van der Waals surface area (Å²) in [6.45, 7) is 0. The summed E-state index contributed by atoms with van der Waals surface area (Å²) in [6.07, 6.45) is 2.61. The molecule has 0 radical (unpaired) electrons. The van der Waals surface area contributed by atoms with Crippen LogP contribution in [0.2, 0.25) is 0 Å². The number of aromatic nitrogens is 1. The summed E-state index contributed by atoms with van der Waals surface area (Å²) in [5.74, 6) is -0.435. The zero-order valence-corrected chi connectivity index (χ0v) is 8.34. The van der Waals surface area contributed by atoms with E-state index in [-0.39, 0.29) is 6.42 Å². The van der Waals surface area contributed by atoms with Crippen molar-refractivity contribution >= 4 is 21.7 Å². The first kappa shape index (κ1) is 8.81. The number of rotatable bonds is 0. The van der Waals surface area contributed by atoms with E-state index in [0.717, 1.165) is 10.0 Å². The molecule has 0 saturated carbocycles. The molecule has 0 N–H and O–H groups in total. The van der Waals surface area contributed by atoms with Crippen molar-refractivity contribution < 1.29 is 9.18 Å². The van der Waals surface area contributed by atoms with E-state index in [0.29, 0.717) is 12.0 Å². The van der Waals surface area contributed by atoms with Gasteiger partial charge in [0.1, 0.15) is 0 Å². The predicted octanol–water partition coefficient (Wildman–Crippen LogP) is 2.31. The second-order valence-electron chi connectivity index (χ2n) is 3.02. The average molecular weight is 244 g/mol. The molecule has 1 aliphatic carbocycles. The van der Waals surface area contributed by atoms with E-state index in [2.05, 4.69) is 20.9 Å². The maximum absolute atomic E-state index is 13.0. The molecule has 0 spiro atoms. The van der Waals surface area contributed by atoms with Crippen molar-refractivity contribution in [2.75, 3.05) is 0 Å². The van der Waals surface area contributed by atoms with Gasteiger partial charge in [-0.1, -0.05) is 0 Å². The molecule has 1 aromatic rings. The van der Waals surface area contributed by atoms with E-state index in [4.69, 9.17) is 0 Å². The smallest absolute Gasteiger partial charge is 0.198 e. The fraction of sp³-hybridized carbons (Fsp3) is 0.333. The van der Waals surface area contributed by atoms with Gasteiger partial charge in [-0.3, -0.25) is 9.78 Å². The number of halogens is 2. The minimum atomic E-state index is -1.34. The quantitative estimate of drug-likeness (QED) is 0.700. The standard InChI is InChI=1S/C9H7BrFNO/c10-7-4-12-3-6-5(7)1-2-8(11)9(6)13/h3-4,8H,1-2H2/t8-/m1/s1. The SMILES string of the molecule is O=C1c2cncc(Br)c2CC[C@H]1F. The van der Waals surface area contributed by atoms with Crippen molar-refractivity contribution in [1.29, 1.82) is 0 Å². The van der Waals surface area contributed by atoms with Crippen LogP contribution in [0.4, 0.5) is 4.39 Å². The molecule has 1 aromatic heterocycles. The summed E-state index contributed by atoms with van der Waals surface area (Å²) in [5, 5.41) is 0. The molecule has 1 heterocycles. The molecule has 4 heteroatoms. The highest BCUT2D eigenvalue weighted by molar-refractivity contribution is 9.10. The van der Waals surface area contributed by atoms with Crippen LogP contribution in [0.5, 0.6) is 0 Å². The minimum Gasteiger partial charge on any atom is -0.291 e. The summed E-state index contributed by atoms with van der Waals surface area (Å²) in [5.41, 5.74) is 1.31. The van der Waals surface area contributed by atoms with E-state index in [1.165, 1.54) is 6.20 Å². The van der Waals surface area contributed by atoms with Gasteiger partial charge >= 0.3 is 0 Å². The number of carbonyl (C=O) groups is 1. The second-order valence-corrected chi connectivity index (χ2v) is 3.87. The van der Waals surface area contributed by atoms with Gasteiger partial charge in [-0.25, -0.2) is 4.39 Å². The number of pyridine rings is 1. The second kappa shape index (κ2) is 3.18. The number of fused-ring (bicyclic) bond motifs is 1. The Labute approximate surface area is 83.3 Å². The molecule has 13 heavy (non-hydrogen) atoms. The van der Waals surface area contributed by atoms with E-state index >= 15 is 0 Å². The van der Waals surface area contributed by atoms with Crippen molar-refractivity contribution in [3.05, 3.63) is 28.0 Å². The van der Waals surface area contributed by atoms with Crippen LogP contribution in [0.25, 0.3) is 0 Å². The number of hydrogen-bond donors (Lipinski definition) is 0. The zero-order chi connectivity index (χ0) is 9.42. The maximum atomic E-state index is 13.0. The van der Waals surface area contributed by atoms with E-state index in [9.17, 15) is 9.18 Å². The Morgan fingerprint density at radius 1 is 1.54 bits per heavy atom. The number of ketones is 1. The third-order valence-corrected chi connectivity index (χ3v) is 2.89. The van der Waals surface area contributed by atoms with Crippen LogP contribution in [0.1, 0.15) is 22.3 Å². The molecule has 68 valence electrons. The number of alkyl halides is 1. The van der Waals surface area contributed by atoms with Gasteiger partial charge in [-0.2, -0.15) is 0 Å². The lowest BCUT2D eigenvalue weighted by Gasteiger charge is -2.17. The van der Waals surface area contributed by atoms with E-state index in [1.807, 2.05) is 0 Å². The van der Waals surface area contributed by atoms with Crippen molar-refractivity contribution in [3.8, 4) is 0 Å². The Bertz CT molecular complexity index is 367. The average Bonchev–Trinajstić information content (AvgIpc) is 2.12. The molecule has 0 saturated heterocycles. The van der Waals surface area contributed by atoms with Crippen LogP contribution in [0.15, 0.2) is 16.9 Å². The molecule has 0 amide bonds. The largest absolute Gasteiger partial charge is 0.291 e. The molecule has 0 unspecified atom stereocenters. The first-order valence-corrected chi connectivity index (χ1v) is 4.80. The van der Waals surface area contributed by atoms with Crippen LogP contribution >= 0.6 is 15.9 Å². The highest BCUT2D eigenvalue weighted by Gasteiger charge is 2.28. The summed E-state index contributed by atoms with van der Waals surface area (Å²) >= 11 is 3.29. The van der Waals surface area contributed by atoms with Crippen LogP contribution in [0.3, 0.4) is 0 Å². The Kier molecular flexibility index (Phi) is 2.15. The lowest BCUT2D eigenvalue weighted by molar-refractivity contribution is 0.0855. The predicted molar refractivity (Wildman–Crippen MR) is 49.5 cm³/mol. The maximum Gasteiger partial charge on any atom is 0.198 e. The van der Waals surface area contributed by atoms with Crippen molar-refractivity contribution in [1.82, 2.24) is 4.98 Å². The Hall–Kier alpha value is -0.770. The summed E-state index contributed by atoms with van der Waals surface area (Å²) in [7, 11) is 0. The Balaban J connectivity index is 2.55. The fourth-order valence-corrected chi connectivity index (χ4v) is 2.03. The van der Waals surface area contributed by atoms with Gasteiger partial charge in [0.05, 0.1) is 0 Å².